The van der Waals surface area contributed by atoms with E-state index in [-0.39, 0.29) is 36.6 Å². The number of benzene rings is 1. The highest BCUT2D eigenvalue weighted by Gasteiger charge is 2.37. The maximum atomic E-state index is 12.7. The number of aliphatic hydroxyl groups is 1. The largest absolute Gasteiger partial charge is 0.445 e. The van der Waals surface area contributed by atoms with Gasteiger partial charge in [0, 0.05) is 32.7 Å². The highest BCUT2D eigenvalue weighted by Crippen LogP contribution is 2.36. The first kappa shape index (κ1) is 25.4. The molecule has 1 fully saturated rings. The van der Waals surface area contributed by atoms with Gasteiger partial charge in [0.25, 0.3) is 0 Å². The molecule has 1 atom stereocenters. The second kappa shape index (κ2) is 11.1. The van der Waals surface area contributed by atoms with Gasteiger partial charge in [0.2, 0.25) is 5.91 Å². The van der Waals surface area contributed by atoms with Gasteiger partial charge in [-0.2, -0.15) is 0 Å². The van der Waals surface area contributed by atoms with Gasteiger partial charge >= 0.3 is 6.09 Å². The number of hydrogen-bond acceptors (Lipinski definition) is 5. The van der Waals surface area contributed by atoms with Crippen LogP contribution in [-0.4, -0.2) is 74.1 Å². The molecule has 1 unspecified atom stereocenters. The van der Waals surface area contributed by atoms with Gasteiger partial charge in [-0.15, -0.1) is 0 Å². The molecule has 1 aliphatic heterocycles. The van der Waals surface area contributed by atoms with Crippen LogP contribution in [0.15, 0.2) is 30.3 Å². The maximum absolute atomic E-state index is 12.7. The van der Waals surface area contributed by atoms with Crippen molar-refractivity contribution in [3.05, 3.63) is 35.9 Å². The number of amides is 2. The summed E-state index contributed by atoms with van der Waals surface area (Å²) in [5.74, 6) is -0.0512. The standard InChI is InChI=1S/C23H38N2O5Si/c1-23(2,3)31(4,5)30-16-12-20(17-26)25-15-14-24(13-11-21(25)27)22(28)29-18-19-9-7-6-8-10-19/h6-10,20,26H,11-18H2,1-5H3. The van der Waals surface area contributed by atoms with Gasteiger partial charge in [-0.1, -0.05) is 51.1 Å². The SMILES string of the molecule is CC(C)(C)[Si](C)(C)OCCC(CO)N1CCN(C(=O)OCc2ccccc2)CCC1=O. The molecule has 1 heterocycles. The van der Waals surface area contributed by atoms with Crippen molar-refractivity contribution >= 4 is 20.3 Å². The second-order valence-electron chi connectivity index (χ2n) is 9.60. The van der Waals surface area contributed by atoms with Crippen molar-refractivity contribution in [1.29, 1.82) is 0 Å². The van der Waals surface area contributed by atoms with Gasteiger partial charge in [-0.3, -0.25) is 4.79 Å². The van der Waals surface area contributed by atoms with Gasteiger partial charge in [-0.05, 0) is 30.1 Å². The van der Waals surface area contributed by atoms with Crippen molar-refractivity contribution in [1.82, 2.24) is 9.80 Å². The Labute approximate surface area is 187 Å². The molecule has 0 aromatic heterocycles. The third-order valence-electron chi connectivity index (χ3n) is 6.36. The minimum Gasteiger partial charge on any atom is -0.445 e. The summed E-state index contributed by atoms with van der Waals surface area (Å²) < 4.78 is 11.6. The third kappa shape index (κ3) is 7.33. The normalized spacial score (nSPS) is 16.8. The molecule has 0 radical (unpaired) electrons. The second-order valence-corrected chi connectivity index (χ2v) is 14.4. The molecule has 31 heavy (non-hydrogen) atoms. The van der Waals surface area contributed by atoms with Gasteiger partial charge < -0.3 is 24.1 Å². The van der Waals surface area contributed by atoms with Crippen LogP contribution in [0.2, 0.25) is 18.1 Å². The van der Waals surface area contributed by atoms with E-state index in [2.05, 4.69) is 33.9 Å². The topological polar surface area (TPSA) is 79.3 Å². The molecule has 174 valence electrons. The minimum absolute atomic E-state index is 0.0512. The fraction of sp³-hybridized carbons (Fsp3) is 0.652. The van der Waals surface area contributed by atoms with E-state index in [9.17, 15) is 14.7 Å². The van der Waals surface area contributed by atoms with Crippen molar-refractivity contribution in [3.63, 3.8) is 0 Å². The van der Waals surface area contributed by atoms with Crippen LogP contribution in [0.3, 0.4) is 0 Å². The summed E-state index contributed by atoms with van der Waals surface area (Å²) in [7, 11) is -1.88. The fourth-order valence-corrected chi connectivity index (χ4v) is 4.29. The quantitative estimate of drug-likeness (QED) is 0.612. The van der Waals surface area contributed by atoms with E-state index < -0.39 is 14.4 Å². The fourth-order valence-electron chi connectivity index (χ4n) is 3.23. The molecular weight excluding hydrogens is 412 g/mol. The van der Waals surface area contributed by atoms with E-state index in [1.807, 2.05) is 30.3 Å². The molecule has 1 N–H and O–H groups in total. The Bertz CT molecular complexity index is 720. The smallest absolute Gasteiger partial charge is 0.410 e. The molecule has 1 saturated heterocycles. The van der Waals surface area contributed by atoms with E-state index in [0.29, 0.717) is 32.7 Å². The number of aliphatic hydroxyl groups excluding tert-OH is 1. The van der Waals surface area contributed by atoms with E-state index in [1.54, 1.807) is 9.80 Å². The first-order valence-corrected chi connectivity index (χ1v) is 14.0. The van der Waals surface area contributed by atoms with Crippen LogP contribution in [0, 0.1) is 0 Å². The molecule has 7 nitrogen and oxygen atoms in total. The van der Waals surface area contributed by atoms with Crippen LogP contribution in [0.4, 0.5) is 4.79 Å². The Morgan fingerprint density at radius 2 is 1.84 bits per heavy atom. The zero-order valence-corrected chi connectivity index (χ0v) is 20.6. The van der Waals surface area contributed by atoms with Crippen LogP contribution in [-0.2, 0) is 20.6 Å². The summed E-state index contributed by atoms with van der Waals surface area (Å²) in [6.45, 7) is 12.6. The monoisotopic (exact) mass is 450 g/mol. The van der Waals surface area contributed by atoms with Gasteiger partial charge in [-0.25, -0.2) is 4.79 Å². The highest BCUT2D eigenvalue weighted by atomic mass is 28.4. The Kier molecular flexibility index (Phi) is 9.09. The van der Waals surface area contributed by atoms with E-state index in [1.165, 1.54) is 0 Å². The molecule has 0 saturated carbocycles. The molecule has 0 bridgehead atoms. The van der Waals surface area contributed by atoms with E-state index in [0.717, 1.165) is 5.56 Å². The summed E-state index contributed by atoms with van der Waals surface area (Å²) in [4.78, 5) is 28.4. The number of nitrogens with zero attached hydrogens (tertiary/aromatic N) is 2. The zero-order chi connectivity index (χ0) is 23.1. The van der Waals surface area contributed by atoms with Crippen LogP contribution in [0.5, 0.6) is 0 Å². The molecule has 0 aliphatic carbocycles. The van der Waals surface area contributed by atoms with Crippen molar-refractivity contribution < 1.29 is 23.9 Å². The number of rotatable bonds is 8. The summed E-state index contributed by atoms with van der Waals surface area (Å²) >= 11 is 0. The minimum atomic E-state index is -1.88. The van der Waals surface area contributed by atoms with E-state index >= 15 is 0 Å². The molecular formula is C23H38N2O5Si. The van der Waals surface area contributed by atoms with Crippen LogP contribution in [0.1, 0.15) is 39.2 Å². The van der Waals surface area contributed by atoms with Crippen molar-refractivity contribution in [2.24, 2.45) is 0 Å². The third-order valence-corrected chi connectivity index (χ3v) is 10.9. The average Bonchev–Trinajstić information content (AvgIpc) is 2.91. The predicted molar refractivity (Wildman–Crippen MR) is 123 cm³/mol. The van der Waals surface area contributed by atoms with Crippen molar-refractivity contribution in [3.8, 4) is 0 Å². The van der Waals surface area contributed by atoms with Crippen molar-refractivity contribution in [2.45, 2.75) is 64.4 Å². The number of ether oxygens (including phenoxy) is 1. The Morgan fingerprint density at radius 3 is 2.45 bits per heavy atom. The molecule has 1 aromatic carbocycles. The van der Waals surface area contributed by atoms with Crippen LogP contribution in [0.25, 0.3) is 0 Å². The predicted octanol–water partition coefficient (Wildman–Crippen LogP) is 3.63. The number of hydrogen-bond donors (Lipinski definition) is 1. The van der Waals surface area contributed by atoms with Gasteiger partial charge in [0.15, 0.2) is 8.32 Å². The Hall–Kier alpha value is -1.90. The van der Waals surface area contributed by atoms with Crippen molar-refractivity contribution in [2.75, 3.05) is 32.8 Å². The molecule has 2 amide bonds. The zero-order valence-electron chi connectivity index (χ0n) is 19.6. The average molecular weight is 451 g/mol. The Morgan fingerprint density at radius 1 is 1.16 bits per heavy atom. The first-order chi connectivity index (χ1) is 14.5. The molecule has 8 heteroatoms. The summed E-state index contributed by atoms with van der Waals surface area (Å²) in [5, 5.41) is 10.0. The molecule has 0 spiro atoms. The summed E-state index contributed by atoms with van der Waals surface area (Å²) in [6, 6.07) is 9.20. The molecule has 2 rings (SSSR count). The lowest BCUT2D eigenvalue weighted by Crippen LogP contribution is -2.46. The summed E-state index contributed by atoms with van der Waals surface area (Å²) in [6.07, 6.45) is 0.382. The lowest BCUT2D eigenvalue weighted by molar-refractivity contribution is -0.133. The number of carbonyl (C=O) groups is 2. The van der Waals surface area contributed by atoms with Crippen LogP contribution < -0.4 is 0 Å². The lowest BCUT2D eigenvalue weighted by atomic mass is 10.2. The maximum Gasteiger partial charge on any atom is 0.410 e. The number of carbonyl (C=O) groups excluding carboxylic acids is 2. The van der Waals surface area contributed by atoms with E-state index in [4.69, 9.17) is 9.16 Å². The highest BCUT2D eigenvalue weighted by molar-refractivity contribution is 6.74. The first-order valence-electron chi connectivity index (χ1n) is 11.0. The lowest BCUT2D eigenvalue weighted by Gasteiger charge is -2.37. The molecule has 1 aliphatic rings. The Balaban J connectivity index is 1.88. The summed E-state index contributed by atoms with van der Waals surface area (Å²) in [5.41, 5.74) is 0.922. The van der Waals surface area contributed by atoms with Crippen LogP contribution >= 0.6 is 0 Å². The van der Waals surface area contributed by atoms with Gasteiger partial charge in [0.05, 0.1) is 12.6 Å². The van der Waals surface area contributed by atoms with Gasteiger partial charge in [0.1, 0.15) is 6.61 Å². The molecule has 1 aromatic rings.